The number of hydrogen-bond acceptors (Lipinski definition) is 5. The Morgan fingerprint density at radius 1 is 1.06 bits per heavy atom. The highest BCUT2D eigenvalue weighted by Crippen LogP contribution is 2.32. The summed E-state index contributed by atoms with van der Waals surface area (Å²) < 4.78 is 13.6. The lowest BCUT2D eigenvalue weighted by Gasteiger charge is -2.20. The quantitative estimate of drug-likeness (QED) is 0.267. The molecule has 3 heterocycles. The molecule has 1 aliphatic heterocycles. The summed E-state index contributed by atoms with van der Waals surface area (Å²) in [6.07, 6.45) is 7.13. The molecular weight excluding hydrogens is 460 g/mol. The number of methoxy groups -OCH3 is 1. The lowest BCUT2D eigenvalue weighted by Crippen LogP contribution is -2.28. The third-order valence-corrected chi connectivity index (χ3v) is 7.02. The second-order valence-electron chi connectivity index (χ2n) is 9.16. The second-order valence-corrected chi connectivity index (χ2v) is 9.60. The van der Waals surface area contributed by atoms with Gasteiger partial charge < -0.3 is 14.4 Å². The van der Waals surface area contributed by atoms with Gasteiger partial charge in [0.2, 0.25) is 5.88 Å². The van der Waals surface area contributed by atoms with E-state index < -0.39 is 0 Å². The van der Waals surface area contributed by atoms with Gasteiger partial charge in [0.1, 0.15) is 5.75 Å². The number of nitrogens with zero attached hydrogens (tertiary/aromatic N) is 4. The van der Waals surface area contributed by atoms with Crippen LogP contribution in [0.5, 0.6) is 11.6 Å². The molecule has 0 bridgehead atoms. The fourth-order valence-electron chi connectivity index (χ4n) is 4.77. The number of aromatic nitrogens is 3. The van der Waals surface area contributed by atoms with E-state index in [2.05, 4.69) is 35.0 Å². The van der Waals surface area contributed by atoms with E-state index in [0.717, 1.165) is 51.3 Å². The molecule has 2 aromatic carbocycles. The highest BCUT2D eigenvalue weighted by atomic mass is 35.5. The van der Waals surface area contributed by atoms with E-state index in [9.17, 15) is 0 Å². The van der Waals surface area contributed by atoms with Crippen molar-refractivity contribution in [2.24, 2.45) is 0 Å². The fourth-order valence-corrected chi connectivity index (χ4v) is 4.89. The number of benzene rings is 2. The molecule has 182 valence electrons. The minimum absolute atomic E-state index is 0.640. The first-order valence-electron chi connectivity index (χ1n) is 12.2. The van der Waals surface area contributed by atoms with Gasteiger partial charge in [-0.1, -0.05) is 29.8 Å². The first-order chi connectivity index (χ1) is 17.1. The van der Waals surface area contributed by atoms with Gasteiger partial charge in [-0.15, -0.1) is 5.10 Å². The average molecular weight is 491 g/mol. The van der Waals surface area contributed by atoms with Gasteiger partial charge in [-0.05, 0) is 74.2 Å². The van der Waals surface area contributed by atoms with Gasteiger partial charge in [-0.25, -0.2) is 0 Å². The molecule has 1 unspecified atom stereocenters. The van der Waals surface area contributed by atoms with Crippen LogP contribution < -0.4 is 9.47 Å². The minimum atomic E-state index is 0.640. The van der Waals surface area contributed by atoms with Crippen LogP contribution in [0.4, 0.5) is 0 Å². The van der Waals surface area contributed by atoms with E-state index in [0.29, 0.717) is 25.1 Å². The molecule has 1 saturated heterocycles. The summed E-state index contributed by atoms with van der Waals surface area (Å²) in [6, 6.07) is 16.9. The van der Waals surface area contributed by atoms with Crippen molar-refractivity contribution in [1.82, 2.24) is 19.7 Å². The van der Waals surface area contributed by atoms with E-state index in [4.69, 9.17) is 26.2 Å². The van der Waals surface area contributed by atoms with Crippen molar-refractivity contribution in [3.05, 3.63) is 71.5 Å². The molecule has 1 aliphatic rings. The molecule has 35 heavy (non-hydrogen) atoms. The average Bonchev–Trinajstić information content (AvgIpc) is 3.45. The molecule has 4 aromatic rings. The summed E-state index contributed by atoms with van der Waals surface area (Å²) in [4.78, 5) is 6.86. The topological polar surface area (TPSA) is 52.4 Å². The third kappa shape index (κ3) is 5.44. The van der Waals surface area contributed by atoms with Gasteiger partial charge in [0.15, 0.2) is 0 Å². The van der Waals surface area contributed by atoms with Crippen molar-refractivity contribution < 1.29 is 9.47 Å². The van der Waals surface area contributed by atoms with E-state index >= 15 is 0 Å². The summed E-state index contributed by atoms with van der Waals surface area (Å²) in [5.41, 5.74) is 4.20. The molecule has 1 fully saturated rings. The smallest absolute Gasteiger partial charge is 0.240 e. The van der Waals surface area contributed by atoms with Crippen LogP contribution in [0.25, 0.3) is 22.0 Å². The van der Waals surface area contributed by atoms with Crippen molar-refractivity contribution >= 4 is 22.5 Å². The SMILES string of the molecule is COc1cncc(-c2ccc3c(c2)c(OCCCN2CCCC2C)nn3Cc2ccc(Cl)cc2)c1. The molecule has 5 rings (SSSR count). The van der Waals surface area contributed by atoms with Gasteiger partial charge in [0, 0.05) is 29.4 Å². The molecule has 2 aromatic heterocycles. The van der Waals surface area contributed by atoms with Crippen LogP contribution in [0.1, 0.15) is 31.7 Å². The fraction of sp³-hybridized carbons (Fsp3) is 0.357. The van der Waals surface area contributed by atoms with Crippen LogP contribution in [0.2, 0.25) is 5.02 Å². The summed E-state index contributed by atoms with van der Waals surface area (Å²) in [5, 5.41) is 6.59. The highest BCUT2D eigenvalue weighted by Gasteiger charge is 2.19. The van der Waals surface area contributed by atoms with Crippen molar-refractivity contribution in [2.45, 2.75) is 38.8 Å². The standard InChI is InChI=1S/C28H31ClN4O2/c1-20-5-3-12-32(20)13-4-14-35-28-26-16-22(23-15-25(34-2)18-30-17-23)8-11-27(26)33(31-28)19-21-6-9-24(29)10-7-21/h6-11,15-18,20H,3-5,12-14,19H2,1-2H3. The Labute approximate surface area is 211 Å². The van der Waals surface area contributed by atoms with Gasteiger partial charge in [-0.3, -0.25) is 9.67 Å². The first-order valence-corrected chi connectivity index (χ1v) is 12.6. The Hall–Kier alpha value is -3.09. The lowest BCUT2D eigenvalue weighted by atomic mass is 10.1. The molecule has 0 amide bonds. The number of halogens is 1. The van der Waals surface area contributed by atoms with Crippen LogP contribution in [-0.4, -0.2) is 52.5 Å². The first kappa shape index (κ1) is 23.6. The maximum atomic E-state index is 6.27. The number of fused-ring (bicyclic) bond motifs is 1. The predicted octanol–water partition coefficient (Wildman–Crippen LogP) is 6.06. The summed E-state index contributed by atoms with van der Waals surface area (Å²) in [6.45, 7) is 5.85. The van der Waals surface area contributed by atoms with E-state index in [1.54, 1.807) is 13.3 Å². The number of likely N-dealkylation sites (tertiary alicyclic amines) is 1. The number of ether oxygens (including phenoxy) is 2. The molecule has 7 heteroatoms. The van der Waals surface area contributed by atoms with Gasteiger partial charge >= 0.3 is 0 Å². The van der Waals surface area contributed by atoms with Crippen LogP contribution in [0.3, 0.4) is 0 Å². The number of pyridine rings is 1. The van der Waals surface area contributed by atoms with Crippen molar-refractivity contribution in [1.29, 1.82) is 0 Å². The van der Waals surface area contributed by atoms with Crippen LogP contribution in [0, 0.1) is 0 Å². The van der Waals surface area contributed by atoms with Crippen molar-refractivity contribution in [2.75, 3.05) is 26.8 Å². The van der Waals surface area contributed by atoms with Crippen molar-refractivity contribution in [3.63, 3.8) is 0 Å². The lowest BCUT2D eigenvalue weighted by molar-refractivity contribution is 0.227. The number of hydrogen-bond donors (Lipinski definition) is 0. The van der Waals surface area contributed by atoms with Crippen LogP contribution in [0.15, 0.2) is 60.9 Å². The molecule has 0 saturated carbocycles. The Morgan fingerprint density at radius 3 is 2.69 bits per heavy atom. The second kappa shape index (κ2) is 10.7. The van der Waals surface area contributed by atoms with Crippen LogP contribution in [-0.2, 0) is 6.54 Å². The summed E-state index contributed by atoms with van der Waals surface area (Å²) in [5.74, 6) is 1.40. The Kier molecular flexibility index (Phi) is 7.21. The largest absolute Gasteiger partial charge is 0.495 e. The normalized spacial score (nSPS) is 16.1. The van der Waals surface area contributed by atoms with E-state index in [1.807, 2.05) is 41.2 Å². The molecule has 0 N–H and O–H groups in total. The molecular formula is C28H31ClN4O2. The maximum absolute atomic E-state index is 6.27. The zero-order chi connectivity index (χ0) is 24.2. The summed E-state index contributed by atoms with van der Waals surface area (Å²) >= 11 is 6.08. The Balaban J connectivity index is 1.42. The maximum Gasteiger partial charge on any atom is 0.240 e. The molecule has 0 aliphatic carbocycles. The Bertz CT molecular complexity index is 1290. The Morgan fingerprint density at radius 2 is 1.91 bits per heavy atom. The molecule has 0 spiro atoms. The van der Waals surface area contributed by atoms with Gasteiger partial charge in [0.05, 0.1) is 37.4 Å². The monoisotopic (exact) mass is 490 g/mol. The number of rotatable bonds is 9. The van der Waals surface area contributed by atoms with Crippen LogP contribution >= 0.6 is 11.6 Å². The van der Waals surface area contributed by atoms with Gasteiger partial charge in [0.25, 0.3) is 0 Å². The van der Waals surface area contributed by atoms with Crippen molar-refractivity contribution in [3.8, 4) is 22.8 Å². The third-order valence-electron chi connectivity index (χ3n) is 6.76. The van der Waals surface area contributed by atoms with E-state index in [-0.39, 0.29) is 0 Å². The highest BCUT2D eigenvalue weighted by molar-refractivity contribution is 6.30. The minimum Gasteiger partial charge on any atom is -0.495 e. The van der Waals surface area contributed by atoms with Gasteiger partial charge in [-0.2, -0.15) is 0 Å². The molecule has 0 radical (unpaired) electrons. The molecule has 1 atom stereocenters. The summed E-state index contributed by atoms with van der Waals surface area (Å²) in [7, 11) is 1.65. The molecule has 6 nitrogen and oxygen atoms in total. The van der Waals surface area contributed by atoms with E-state index in [1.165, 1.54) is 19.4 Å². The zero-order valence-corrected chi connectivity index (χ0v) is 21.0. The predicted molar refractivity (Wildman–Crippen MR) is 140 cm³/mol. The zero-order valence-electron chi connectivity index (χ0n) is 20.3.